The smallest absolute Gasteiger partial charge is 0.410 e. The number of carbonyl (C=O) groups is 2. The largest absolute Gasteiger partial charge is 0.466 e. The first-order valence-corrected chi connectivity index (χ1v) is 8.98. The third-order valence-corrected chi connectivity index (χ3v) is 4.00. The minimum Gasteiger partial charge on any atom is -0.466 e. The summed E-state index contributed by atoms with van der Waals surface area (Å²) in [5.74, 6) is 0.694. The highest BCUT2D eigenvalue weighted by molar-refractivity contribution is 14.0. The lowest BCUT2D eigenvalue weighted by molar-refractivity contribution is -0.143. The number of carbonyl (C=O) groups excluding carboxylic acids is 2. The molecular formula is C17H31IN4O4. The summed E-state index contributed by atoms with van der Waals surface area (Å²) in [6, 6.07) is 0.189. The number of nitrogens with zero attached hydrogens (tertiary/aromatic N) is 3. The Bertz CT molecular complexity index is 521. The van der Waals surface area contributed by atoms with Gasteiger partial charge in [0.15, 0.2) is 5.96 Å². The summed E-state index contributed by atoms with van der Waals surface area (Å²) in [6.07, 6.45) is 0.854. The summed E-state index contributed by atoms with van der Waals surface area (Å²) >= 11 is 0. The number of halogens is 1. The van der Waals surface area contributed by atoms with Gasteiger partial charge in [-0.3, -0.25) is 9.79 Å². The first-order chi connectivity index (χ1) is 11.8. The van der Waals surface area contributed by atoms with Crippen LogP contribution in [0.1, 0.15) is 40.5 Å². The second-order valence-electron chi connectivity index (χ2n) is 7.27. The van der Waals surface area contributed by atoms with Crippen LogP contribution in [0.25, 0.3) is 0 Å². The molecule has 2 aliphatic heterocycles. The van der Waals surface area contributed by atoms with Gasteiger partial charge in [-0.05, 0) is 34.1 Å². The number of amides is 1. The van der Waals surface area contributed by atoms with Crippen LogP contribution < -0.4 is 5.32 Å². The Balaban J connectivity index is 0.00000338. The summed E-state index contributed by atoms with van der Waals surface area (Å²) in [5.41, 5.74) is -0.480. The predicted molar refractivity (Wildman–Crippen MR) is 110 cm³/mol. The molecule has 1 N–H and O–H groups in total. The van der Waals surface area contributed by atoms with Crippen LogP contribution in [0, 0.1) is 0 Å². The van der Waals surface area contributed by atoms with Crippen molar-refractivity contribution in [2.24, 2.45) is 4.99 Å². The van der Waals surface area contributed by atoms with Gasteiger partial charge in [-0.15, -0.1) is 24.0 Å². The van der Waals surface area contributed by atoms with Crippen molar-refractivity contribution in [3.63, 3.8) is 0 Å². The highest BCUT2D eigenvalue weighted by Gasteiger charge is 2.36. The number of nitrogens with one attached hydrogen (secondary N) is 1. The number of hydrogen-bond donors (Lipinski definition) is 1. The molecule has 0 radical (unpaired) electrons. The van der Waals surface area contributed by atoms with E-state index in [1.54, 1.807) is 11.8 Å². The zero-order valence-corrected chi connectivity index (χ0v) is 18.4. The lowest BCUT2D eigenvalue weighted by Gasteiger charge is -2.39. The van der Waals surface area contributed by atoms with E-state index < -0.39 is 5.60 Å². The molecule has 9 heteroatoms. The molecule has 0 spiro atoms. The summed E-state index contributed by atoms with van der Waals surface area (Å²) in [4.78, 5) is 32.0. The van der Waals surface area contributed by atoms with Crippen molar-refractivity contribution in [2.45, 2.75) is 52.2 Å². The second kappa shape index (κ2) is 10.2. The highest BCUT2D eigenvalue weighted by Crippen LogP contribution is 2.18. The normalized spacial score (nSPS) is 19.2. The van der Waals surface area contributed by atoms with Gasteiger partial charge in [-0.25, -0.2) is 4.79 Å². The van der Waals surface area contributed by atoms with Gasteiger partial charge in [0.25, 0.3) is 0 Å². The van der Waals surface area contributed by atoms with E-state index in [2.05, 4.69) is 15.2 Å². The van der Waals surface area contributed by atoms with E-state index >= 15 is 0 Å². The molecule has 0 aromatic carbocycles. The molecule has 0 saturated carbocycles. The molecule has 0 bridgehead atoms. The molecule has 8 nitrogen and oxygen atoms in total. The van der Waals surface area contributed by atoms with Gasteiger partial charge in [0.05, 0.1) is 19.2 Å². The number of ether oxygens (including phenoxy) is 2. The first kappa shape index (κ1) is 22.8. The summed E-state index contributed by atoms with van der Waals surface area (Å²) < 4.78 is 10.4. The van der Waals surface area contributed by atoms with Crippen LogP contribution >= 0.6 is 24.0 Å². The quantitative estimate of drug-likeness (QED) is 0.366. The van der Waals surface area contributed by atoms with Crippen LogP contribution in [0.4, 0.5) is 4.79 Å². The van der Waals surface area contributed by atoms with Crippen LogP contribution in [-0.4, -0.2) is 78.8 Å². The second-order valence-corrected chi connectivity index (χ2v) is 7.27. The Kier molecular flexibility index (Phi) is 8.91. The molecule has 26 heavy (non-hydrogen) atoms. The molecule has 2 heterocycles. The number of fused-ring (bicyclic) bond motifs is 1. The van der Waals surface area contributed by atoms with Gasteiger partial charge in [-0.2, -0.15) is 0 Å². The van der Waals surface area contributed by atoms with Crippen LogP contribution in [0.2, 0.25) is 0 Å². The SMILES string of the molecule is CCOC(=O)CCCNC1=NCC2CN(C(=O)OC(C)(C)C)CCN12.I. The summed E-state index contributed by atoms with van der Waals surface area (Å²) in [6.45, 7) is 11.2. The molecule has 0 aromatic rings. The molecule has 2 rings (SSSR count). The van der Waals surface area contributed by atoms with Crippen molar-refractivity contribution in [2.75, 3.05) is 39.3 Å². The summed E-state index contributed by atoms with van der Waals surface area (Å²) in [5, 5.41) is 3.29. The standard InChI is InChI=1S/C17H30N4O4.HI/c1-5-24-14(22)7-6-8-18-15-19-11-13-12-20(9-10-21(13)15)16(23)25-17(2,3)4;/h13H,5-12H2,1-4H3,(H,18,19);1H. The number of aliphatic imine (C=N–C) groups is 1. The van der Waals surface area contributed by atoms with E-state index in [0.717, 1.165) is 12.5 Å². The topological polar surface area (TPSA) is 83.5 Å². The molecule has 150 valence electrons. The Labute approximate surface area is 172 Å². The van der Waals surface area contributed by atoms with Crippen LogP contribution in [0.3, 0.4) is 0 Å². The molecule has 1 amide bonds. The van der Waals surface area contributed by atoms with Crippen molar-refractivity contribution in [1.29, 1.82) is 0 Å². The lowest BCUT2D eigenvalue weighted by Crippen LogP contribution is -2.57. The average Bonchev–Trinajstić information content (AvgIpc) is 2.92. The number of rotatable bonds is 5. The number of piperazine rings is 1. The van der Waals surface area contributed by atoms with Crippen molar-refractivity contribution in [3.05, 3.63) is 0 Å². The van der Waals surface area contributed by atoms with Crippen LogP contribution in [0.15, 0.2) is 4.99 Å². The van der Waals surface area contributed by atoms with Gasteiger partial charge in [0.1, 0.15) is 5.60 Å². The Morgan fingerprint density at radius 3 is 2.69 bits per heavy atom. The zero-order chi connectivity index (χ0) is 18.4. The minimum atomic E-state index is -0.480. The maximum absolute atomic E-state index is 12.2. The van der Waals surface area contributed by atoms with E-state index in [1.165, 1.54) is 0 Å². The van der Waals surface area contributed by atoms with E-state index in [0.29, 0.717) is 45.6 Å². The molecule has 0 aliphatic carbocycles. The Morgan fingerprint density at radius 2 is 2.04 bits per heavy atom. The summed E-state index contributed by atoms with van der Waals surface area (Å²) in [7, 11) is 0. The van der Waals surface area contributed by atoms with E-state index in [1.807, 2.05) is 20.8 Å². The fourth-order valence-electron chi connectivity index (χ4n) is 2.89. The number of guanidine groups is 1. The van der Waals surface area contributed by atoms with Crippen molar-refractivity contribution in [3.8, 4) is 0 Å². The number of esters is 1. The predicted octanol–water partition coefficient (Wildman–Crippen LogP) is 1.83. The van der Waals surface area contributed by atoms with Gasteiger partial charge >= 0.3 is 12.1 Å². The Morgan fingerprint density at radius 1 is 1.31 bits per heavy atom. The molecule has 1 atom stereocenters. The monoisotopic (exact) mass is 482 g/mol. The first-order valence-electron chi connectivity index (χ1n) is 8.98. The fourth-order valence-corrected chi connectivity index (χ4v) is 2.89. The van der Waals surface area contributed by atoms with Crippen LogP contribution in [-0.2, 0) is 14.3 Å². The maximum atomic E-state index is 12.2. The van der Waals surface area contributed by atoms with Crippen LogP contribution in [0.5, 0.6) is 0 Å². The molecule has 1 fully saturated rings. The van der Waals surface area contributed by atoms with Gasteiger partial charge in [0, 0.05) is 32.6 Å². The van der Waals surface area contributed by atoms with E-state index in [4.69, 9.17) is 9.47 Å². The van der Waals surface area contributed by atoms with Gasteiger partial charge in [0.2, 0.25) is 0 Å². The minimum absolute atomic E-state index is 0. The Hall–Kier alpha value is -1.26. The van der Waals surface area contributed by atoms with Gasteiger partial charge < -0.3 is 24.6 Å². The highest BCUT2D eigenvalue weighted by atomic mass is 127. The van der Waals surface area contributed by atoms with Gasteiger partial charge in [-0.1, -0.05) is 0 Å². The molecule has 1 saturated heterocycles. The third-order valence-electron chi connectivity index (χ3n) is 4.00. The average molecular weight is 482 g/mol. The maximum Gasteiger partial charge on any atom is 0.410 e. The molecular weight excluding hydrogens is 451 g/mol. The van der Waals surface area contributed by atoms with Crippen molar-refractivity contribution < 1.29 is 19.1 Å². The van der Waals surface area contributed by atoms with Crippen molar-refractivity contribution in [1.82, 2.24) is 15.1 Å². The number of hydrogen-bond acceptors (Lipinski definition) is 7. The van der Waals surface area contributed by atoms with E-state index in [9.17, 15) is 9.59 Å². The van der Waals surface area contributed by atoms with Crippen molar-refractivity contribution >= 4 is 42.0 Å². The third kappa shape index (κ3) is 6.81. The van der Waals surface area contributed by atoms with E-state index in [-0.39, 0.29) is 42.1 Å². The lowest BCUT2D eigenvalue weighted by atomic mass is 10.2. The molecule has 0 aromatic heterocycles. The molecule has 2 aliphatic rings. The zero-order valence-electron chi connectivity index (χ0n) is 16.1. The molecule has 1 unspecified atom stereocenters. The fraction of sp³-hybridized carbons (Fsp3) is 0.824.